The van der Waals surface area contributed by atoms with Gasteiger partial charge in [0.05, 0.1) is 4.88 Å². The maximum Gasteiger partial charge on any atom is 0.262 e. The van der Waals surface area contributed by atoms with Gasteiger partial charge in [0, 0.05) is 11.3 Å². The summed E-state index contributed by atoms with van der Waals surface area (Å²) in [4.78, 5) is 24.2. The standard InChI is InChI=1S/C11H12N2O2S/c1-3-4-8(10(12)14)13-11(15)9-6-5-7(2)16-9/h1,5-6,8H,4H2,2H3,(H2,12,14)(H,13,15). The second-order valence-electron chi connectivity index (χ2n) is 3.25. The predicted octanol–water partition coefficient (Wildman–Crippen LogP) is 0.664. The van der Waals surface area contributed by atoms with E-state index in [-0.39, 0.29) is 12.3 Å². The number of nitrogens with one attached hydrogen (secondary N) is 1. The molecule has 0 aliphatic carbocycles. The quantitative estimate of drug-likeness (QED) is 0.754. The van der Waals surface area contributed by atoms with Crippen molar-refractivity contribution in [2.45, 2.75) is 19.4 Å². The molecule has 0 radical (unpaired) electrons. The maximum absolute atomic E-state index is 11.7. The van der Waals surface area contributed by atoms with E-state index in [0.717, 1.165) is 4.88 Å². The van der Waals surface area contributed by atoms with Crippen molar-refractivity contribution in [2.75, 3.05) is 0 Å². The monoisotopic (exact) mass is 236 g/mol. The summed E-state index contributed by atoms with van der Waals surface area (Å²) in [5, 5.41) is 2.50. The average molecular weight is 236 g/mol. The molecule has 0 aliphatic rings. The number of terminal acetylenes is 1. The minimum Gasteiger partial charge on any atom is -0.368 e. The third-order valence-electron chi connectivity index (χ3n) is 1.93. The van der Waals surface area contributed by atoms with Crippen LogP contribution in [0.1, 0.15) is 21.0 Å². The van der Waals surface area contributed by atoms with E-state index in [2.05, 4.69) is 11.2 Å². The first-order chi connectivity index (χ1) is 7.54. The minimum atomic E-state index is -0.806. The Morgan fingerprint density at radius 3 is 2.75 bits per heavy atom. The number of aryl methyl sites for hydroxylation is 1. The van der Waals surface area contributed by atoms with Gasteiger partial charge in [-0.3, -0.25) is 9.59 Å². The van der Waals surface area contributed by atoms with Crippen LogP contribution in [0.5, 0.6) is 0 Å². The van der Waals surface area contributed by atoms with Crippen LogP contribution in [0.25, 0.3) is 0 Å². The van der Waals surface area contributed by atoms with Gasteiger partial charge < -0.3 is 11.1 Å². The summed E-state index contributed by atoms with van der Waals surface area (Å²) in [6.45, 7) is 1.90. The van der Waals surface area contributed by atoms with E-state index in [9.17, 15) is 9.59 Å². The van der Waals surface area contributed by atoms with Gasteiger partial charge in [0.25, 0.3) is 5.91 Å². The molecule has 1 heterocycles. The zero-order chi connectivity index (χ0) is 12.1. The molecule has 0 saturated heterocycles. The zero-order valence-electron chi connectivity index (χ0n) is 8.82. The Balaban J connectivity index is 2.69. The third-order valence-corrected chi connectivity index (χ3v) is 2.93. The predicted molar refractivity (Wildman–Crippen MR) is 63.0 cm³/mol. The van der Waals surface area contributed by atoms with Crippen molar-refractivity contribution in [3.63, 3.8) is 0 Å². The number of hydrogen-bond acceptors (Lipinski definition) is 3. The maximum atomic E-state index is 11.7. The molecular weight excluding hydrogens is 224 g/mol. The second-order valence-corrected chi connectivity index (χ2v) is 4.53. The van der Waals surface area contributed by atoms with Crippen LogP contribution in [0.4, 0.5) is 0 Å². The Kier molecular flexibility index (Phi) is 4.09. The minimum absolute atomic E-state index is 0.103. The molecule has 0 aromatic carbocycles. The van der Waals surface area contributed by atoms with Crippen molar-refractivity contribution < 1.29 is 9.59 Å². The first-order valence-corrected chi connectivity index (χ1v) is 5.46. The highest BCUT2D eigenvalue weighted by Crippen LogP contribution is 2.14. The lowest BCUT2D eigenvalue weighted by Crippen LogP contribution is -2.43. The molecule has 1 aromatic rings. The van der Waals surface area contributed by atoms with E-state index in [1.54, 1.807) is 6.07 Å². The van der Waals surface area contributed by atoms with Crippen molar-refractivity contribution in [2.24, 2.45) is 5.73 Å². The van der Waals surface area contributed by atoms with Gasteiger partial charge in [-0.1, -0.05) is 0 Å². The van der Waals surface area contributed by atoms with Crippen LogP contribution in [0.2, 0.25) is 0 Å². The Labute approximate surface area is 97.8 Å². The van der Waals surface area contributed by atoms with E-state index >= 15 is 0 Å². The van der Waals surface area contributed by atoms with Crippen molar-refractivity contribution in [1.82, 2.24) is 5.32 Å². The zero-order valence-corrected chi connectivity index (χ0v) is 9.64. The fourth-order valence-electron chi connectivity index (χ4n) is 1.13. The smallest absolute Gasteiger partial charge is 0.262 e. The third kappa shape index (κ3) is 3.11. The summed E-state index contributed by atoms with van der Waals surface area (Å²) in [6.07, 6.45) is 5.18. The largest absolute Gasteiger partial charge is 0.368 e. The lowest BCUT2D eigenvalue weighted by atomic mass is 10.2. The molecule has 0 bridgehead atoms. The van der Waals surface area contributed by atoms with E-state index in [0.29, 0.717) is 4.88 Å². The van der Waals surface area contributed by atoms with E-state index in [1.165, 1.54) is 11.3 Å². The molecule has 2 amide bonds. The summed E-state index contributed by atoms with van der Waals surface area (Å²) in [5.74, 6) is 1.35. The lowest BCUT2D eigenvalue weighted by Gasteiger charge is -2.11. The van der Waals surface area contributed by atoms with Crippen molar-refractivity contribution in [3.8, 4) is 12.3 Å². The topological polar surface area (TPSA) is 72.2 Å². The van der Waals surface area contributed by atoms with Gasteiger partial charge in [-0.15, -0.1) is 23.7 Å². The van der Waals surface area contributed by atoms with Crippen molar-refractivity contribution >= 4 is 23.2 Å². The SMILES string of the molecule is C#CCC(NC(=O)c1ccc(C)s1)C(N)=O. The van der Waals surface area contributed by atoms with Crippen LogP contribution in [0.15, 0.2) is 12.1 Å². The number of amides is 2. The molecule has 0 spiro atoms. The van der Waals surface area contributed by atoms with Gasteiger partial charge in [-0.25, -0.2) is 0 Å². The average Bonchev–Trinajstić information content (AvgIpc) is 2.64. The molecule has 0 aliphatic heterocycles. The number of thiophene rings is 1. The summed E-state index contributed by atoms with van der Waals surface area (Å²) >= 11 is 1.35. The fourth-order valence-corrected chi connectivity index (χ4v) is 1.90. The fraction of sp³-hybridized carbons (Fsp3) is 0.273. The Hall–Kier alpha value is -1.80. The van der Waals surface area contributed by atoms with E-state index in [1.807, 2.05) is 13.0 Å². The Morgan fingerprint density at radius 1 is 1.62 bits per heavy atom. The van der Waals surface area contributed by atoms with Crippen LogP contribution < -0.4 is 11.1 Å². The normalized spacial score (nSPS) is 11.5. The first kappa shape index (κ1) is 12.3. The van der Waals surface area contributed by atoms with Crippen molar-refractivity contribution in [1.29, 1.82) is 0 Å². The molecule has 3 N–H and O–H groups in total. The molecule has 0 saturated carbocycles. The summed E-state index contributed by atoms with van der Waals surface area (Å²) in [7, 11) is 0. The van der Waals surface area contributed by atoms with Gasteiger partial charge in [-0.2, -0.15) is 0 Å². The highest BCUT2D eigenvalue weighted by atomic mass is 32.1. The number of primary amides is 1. The highest BCUT2D eigenvalue weighted by molar-refractivity contribution is 7.13. The Morgan fingerprint density at radius 2 is 2.31 bits per heavy atom. The number of carbonyl (C=O) groups excluding carboxylic acids is 2. The molecule has 1 aromatic heterocycles. The molecule has 5 heteroatoms. The summed E-state index contributed by atoms with van der Waals surface area (Å²) in [5.41, 5.74) is 5.11. The molecule has 0 fully saturated rings. The van der Waals surface area contributed by atoms with Gasteiger partial charge in [0.15, 0.2) is 0 Å². The summed E-state index contributed by atoms with van der Waals surface area (Å²) < 4.78 is 0. The lowest BCUT2D eigenvalue weighted by molar-refractivity contribution is -0.119. The van der Waals surface area contributed by atoms with Crippen LogP contribution in [-0.4, -0.2) is 17.9 Å². The van der Waals surface area contributed by atoms with Crippen LogP contribution >= 0.6 is 11.3 Å². The van der Waals surface area contributed by atoms with Gasteiger partial charge >= 0.3 is 0 Å². The number of nitrogens with two attached hydrogens (primary N) is 1. The highest BCUT2D eigenvalue weighted by Gasteiger charge is 2.18. The molecule has 4 nitrogen and oxygen atoms in total. The number of rotatable bonds is 4. The molecule has 1 unspecified atom stereocenters. The van der Waals surface area contributed by atoms with Gasteiger partial charge in [-0.05, 0) is 19.1 Å². The van der Waals surface area contributed by atoms with E-state index in [4.69, 9.17) is 12.2 Å². The number of hydrogen-bond donors (Lipinski definition) is 2. The molecule has 1 atom stereocenters. The molecule has 16 heavy (non-hydrogen) atoms. The van der Waals surface area contributed by atoms with Crippen LogP contribution in [0, 0.1) is 19.3 Å². The van der Waals surface area contributed by atoms with E-state index < -0.39 is 11.9 Å². The molecular formula is C11H12N2O2S. The van der Waals surface area contributed by atoms with Crippen LogP contribution in [0.3, 0.4) is 0 Å². The summed E-state index contributed by atoms with van der Waals surface area (Å²) in [6, 6.07) is 2.73. The first-order valence-electron chi connectivity index (χ1n) is 4.64. The second kappa shape index (κ2) is 5.33. The Bertz CT molecular complexity index is 445. The number of carbonyl (C=O) groups is 2. The van der Waals surface area contributed by atoms with Crippen molar-refractivity contribution in [3.05, 3.63) is 21.9 Å². The molecule has 1 rings (SSSR count). The van der Waals surface area contributed by atoms with Gasteiger partial charge in [0.1, 0.15) is 6.04 Å². The van der Waals surface area contributed by atoms with Gasteiger partial charge in [0.2, 0.25) is 5.91 Å². The van der Waals surface area contributed by atoms with Crippen LogP contribution in [-0.2, 0) is 4.79 Å². The molecule has 84 valence electrons.